The van der Waals surface area contributed by atoms with E-state index in [9.17, 15) is 19.2 Å². The molecular formula is C45H54N8O7. The third kappa shape index (κ3) is 7.72. The lowest BCUT2D eigenvalue weighted by atomic mass is 9.98. The number of imidazole rings is 2. The van der Waals surface area contributed by atoms with Crippen LogP contribution < -0.4 is 10.6 Å². The first kappa shape index (κ1) is 40.7. The Labute approximate surface area is 349 Å². The Morgan fingerprint density at radius 1 is 0.733 bits per heavy atom. The van der Waals surface area contributed by atoms with Gasteiger partial charge in [0.2, 0.25) is 11.8 Å². The number of hydrogen-bond acceptors (Lipinski definition) is 9. The number of nitrogens with zero attached hydrogens (tertiary/aromatic N) is 4. The van der Waals surface area contributed by atoms with Crippen LogP contribution in [0.2, 0.25) is 0 Å². The summed E-state index contributed by atoms with van der Waals surface area (Å²) in [4.78, 5) is 71.6. The number of aryl methyl sites for hydroxylation is 2. The summed E-state index contributed by atoms with van der Waals surface area (Å²) in [5, 5.41) is 6.49. The van der Waals surface area contributed by atoms with Gasteiger partial charge in [-0.05, 0) is 92.2 Å². The molecule has 8 rings (SSSR count). The van der Waals surface area contributed by atoms with Crippen molar-refractivity contribution in [2.45, 2.75) is 96.8 Å². The van der Waals surface area contributed by atoms with Gasteiger partial charge in [-0.3, -0.25) is 9.59 Å². The lowest BCUT2D eigenvalue weighted by Gasteiger charge is -2.30. The third-order valence-electron chi connectivity index (χ3n) is 12.3. The molecule has 5 heterocycles. The maximum atomic E-state index is 13.7. The van der Waals surface area contributed by atoms with E-state index in [1.165, 1.54) is 25.3 Å². The Kier molecular flexibility index (Phi) is 11.4. The molecule has 3 aliphatic rings. The number of furan rings is 1. The molecule has 15 heteroatoms. The molecule has 4 N–H and O–H groups in total. The number of carbonyl (C=O) groups excluding carboxylic acids is 4. The van der Waals surface area contributed by atoms with Gasteiger partial charge >= 0.3 is 12.2 Å². The highest BCUT2D eigenvalue weighted by atomic mass is 16.5. The number of ether oxygens (including phenoxy) is 2. The summed E-state index contributed by atoms with van der Waals surface area (Å²) in [5.41, 5.74) is 7.99. The van der Waals surface area contributed by atoms with Gasteiger partial charge < -0.3 is 44.3 Å². The van der Waals surface area contributed by atoms with Crippen LogP contribution in [0.4, 0.5) is 9.59 Å². The fraction of sp³-hybridized carbons (Fsp3) is 0.467. The summed E-state index contributed by atoms with van der Waals surface area (Å²) >= 11 is 0. The molecule has 2 aromatic carbocycles. The van der Waals surface area contributed by atoms with Gasteiger partial charge in [0.05, 0.1) is 50.1 Å². The predicted molar refractivity (Wildman–Crippen MR) is 225 cm³/mol. The molecule has 0 radical (unpaired) electrons. The number of carbonyl (C=O) groups is 4. The fourth-order valence-electron chi connectivity index (χ4n) is 9.12. The Balaban J connectivity index is 1.01. The second-order valence-electron chi connectivity index (χ2n) is 16.8. The summed E-state index contributed by atoms with van der Waals surface area (Å²) in [6, 6.07) is 10.8. The molecule has 60 heavy (non-hydrogen) atoms. The van der Waals surface area contributed by atoms with Crippen LogP contribution in [0.5, 0.6) is 0 Å². The highest BCUT2D eigenvalue weighted by Crippen LogP contribution is 2.42. The largest absolute Gasteiger partial charge is 0.456 e. The molecule has 4 atom stereocenters. The molecule has 4 amide bonds. The van der Waals surface area contributed by atoms with Crippen LogP contribution in [0.3, 0.4) is 0 Å². The highest BCUT2D eigenvalue weighted by molar-refractivity contribution is 5.92. The Morgan fingerprint density at radius 3 is 1.80 bits per heavy atom. The van der Waals surface area contributed by atoms with Crippen molar-refractivity contribution in [3.05, 3.63) is 71.6 Å². The number of fused-ring (bicyclic) bond motifs is 5. The van der Waals surface area contributed by atoms with Crippen molar-refractivity contribution < 1.29 is 33.1 Å². The molecule has 2 saturated heterocycles. The number of rotatable bonds is 10. The molecule has 15 nitrogen and oxygen atoms in total. The molecule has 2 fully saturated rings. The van der Waals surface area contributed by atoms with Gasteiger partial charge in [-0.1, -0.05) is 39.8 Å². The number of alkyl carbamates (subject to hydrolysis) is 2. The zero-order valence-corrected chi connectivity index (χ0v) is 35.1. The van der Waals surface area contributed by atoms with Gasteiger partial charge in [-0.15, -0.1) is 0 Å². The highest BCUT2D eigenvalue weighted by Gasteiger charge is 2.39. The first-order valence-corrected chi connectivity index (χ1v) is 21.0. The van der Waals surface area contributed by atoms with Crippen LogP contribution in [0.25, 0.3) is 44.8 Å². The maximum Gasteiger partial charge on any atom is 0.407 e. The van der Waals surface area contributed by atoms with Gasteiger partial charge in [-0.25, -0.2) is 19.6 Å². The number of aromatic nitrogens is 4. The minimum Gasteiger partial charge on any atom is -0.456 e. The van der Waals surface area contributed by atoms with E-state index in [4.69, 9.17) is 23.9 Å². The normalized spacial score (nSPS) is 18.6. The van der Waals surface area contributed by atoms with E-state index in [-0.39, 0.29) is 35.7 Å². The van der Waals surface area contributed by atoms with Gasteiger partial charge in [0.25, 0.3) is 0 Å². The third-order valence-corrected chi connectivity index (χ3v) is 12.3. The minimum absolute atomic E-state index is 0.111. The van der Waals surface area contributed by atoms with Crippen molar-refractivity contribution in [3.63, 3.8) is 0 Å². The molecule has 2 aliphatic heterocycles. The monoisotopic (exact) mass is 818 g/mol. The van der Waals surface area contributed by atoms with Crippen LogP contribution in [-0.2, 0) is 31.9 Å². The summed E-state index contributed by atoms with van der Waals surface area (Å²) in [5.74, 6) is 1.83. The Hall–Kier alpha value is -6.12. The molecule has 0 saturated carbocycles. The molecule has 0 spiro atoms. The summed E-state index contributed by atoms with van der Waals surface area (Å²) < 4.78 is 16.2. The number of hydrogen-bond donors (Lipinski definition) is 4. The average Bonchev–Trinajstić information content (AvgIpc) is 4.10. The van der Waals surface area contributed by atoms with E-state index in [2.05, 4.69) is 44.9 Å². The first-order chi connectivity index (χ1) is 28.9. The van der Waals surface area contributed by atoms with E-state index in [1.807, 2.05) is 62.0 Å². The maximum absolute atomic E-state index is 13.7. The number of nitrogens with one attached hydrogen (secondary N) is 4. The second-order valence-corrected chi connectivity index (χ2v) is 16.8. The van der Waals surface area contributed by atoms with Crippen LogP contribution in [0.15, 0.2) is 53.2 Å². The fourth-order valence-corrected chi connectivity index (χ4v) is 9.12. The molecular weight excluding hydrogens is 765 g/mol. The molecule has 1 aliphatic carbocycles. The molecule has 316 valence electrons. The number of H-pyrrole nitrogens is 2. The van der Waals surface area contributed by atoms with Crippen molar-refractivity contribution in [3.8, 4) is 33.8 Å². The van der Waals surface area contributed by atoms with E-state index in [0.29, 0.717) is 13.1 Å². The number of benzene rings is 2. The Bertz CT molecular complexity index is 2410. The molecule has 3 aromatic heterocycles. The summed E-state index contributed by atoms with van der Waals surface area (Å²) in [7, 11) is 2.59. The van der Waals surface area contributed by atoms with Crippen molar-refractivity contribution >= 4 is 35.0 Å². The lowest BCUT2D eigenvalue weighted by molar-refractivity contribution is -0.136. The van der Waals surface area contributed by atoms with E-state index < -0.39 is 24.3 Å². The van der Waals surface area contributed by atoms with Crippen molar-refractivity contribution in [1.82, 2.24) is 40.4 Å². The van der Waals surface area contributed by atoms with E-state index in [0.717, 1.165) is 101 Å². The van der Waals surface area contributed by atoms with Crippen LogP contribution in [-0.4, -0.2) is 93.1 Å². The number of methoxy groups -OCH3 is 2. The van der Waals surface area contributed by atoms with Crippen molar-refractivity contribution in [2.24, 2.45) is 11.8 Å². The van der Waals surface area contributed by atoms with Gasteiger partial charge in [-0.2, -0.15) is 0 Å². The topological polar surface area (TPSA) is 188 Å². The standard InChI is InChI=1S/C45H54N8O7/c1-24(2)37(50-44(56)58-5)42(54)52-18-8-12-34(52)40-46-22-32(48-40)27-14-16-29-26(20-27)10-7-11-30-31-21-28(15-17-36(31)60-39(29)30)33-23-47-41(49-33)35-13-9-19-53(35)43(55)38(25(3)4)51-45(57)59-6/h14-17,20-25,34-35,37-38H,7-13,18-19H2,1-6H3,(H,46,48)(H,47,49)(H,50,56)(H,51,57). The zero-order chi connectivity index (χ0) is 42.2. The zero-order valence-electron chi connectivity index (χ0n) is 35.1. The summed E-state index contributed by atoms with van der Waals surface area (Å²) in [6.45, 7) is 8.80. The Morgan fingerprint density at radius 2 is 1.27 bits per heavy atom. The second kappa shape index (κ2) is 16.9. The average molecular weight is 819 g/mol. The summed E-state index contributed by atoms with van der Waals surface area (Å²) in [6.07, 6.45) is 8.35. The van der Waals surface area contributed by atoms with Crippen molar-refractivity contribution in [2.75, 3.05) is 27.3 Å². The smallest absolute Gasteiger partial charge is 0.407 e. The minimum atomic E-state index is -0.698. The first-order valence-electron chi connectivity index (χ1n) is 21.0. The SMILES string of the molecule is COC(=O)NC(C(=O)N1CCCC1c1ncc(-c2ccc3c(c2)CCCc2c-3oc3ccc(-c4cnc(C5CCCN5C(=O)C(NC(=O)OC)C(C)C)[nH]4)cc23)[nH]1)C(C)C. The van der Waals surface area contributed by atoms with E-state index >= 15 is 0 Å². The van der Waals surface area contributed by atoms with Crippen molar-refractivity contribution in [1.29, 1.82) is 0 Å². The van der Waals surface area contributed by atoms with Gasteiger partial charge in [0.15, 0.2) is 0 Å². The van der Waals surface area contributed by atoms with E-state index in [1.54, 1.807) is 0 Å². The number of aromatic amines is 2. The molecule has 5 aromatic rings. The van der Waals surface area contributed by atoms with Gasteiger partial charge in [0, 0.05) is 35.2 Å². The van der Waals surface area contributed by atoms with Crippen LogP contribution in [0, 0.1) is 11.8 Å². The molecule has 0 bridgehead atoms. The quantitative estimate of drug-likeness (QED) is 0.111. The number of amides is 4. The van der Waals surface area contributed by atoms with Crippen LogP contribution >= 0.6 is 0 Å². The number of likely N-dealkylation sites (tertiary alicyclic amines) is 2. The molecule has 4 unspecified atom stereocenters. The van der Waals surface area contributed by atoms with Crippen LogP contribution in [0.1, 0.15) is 94.7 Å². The predicted octanol–water partition coefficient (Wildman–Crippen LogP) is 7.46. The van der Waals surface area contributed by atoms with Gasteiger partial charge in [0.1, 0.15) is 35.1 Å². The lowest BCUT2D eigenvalue weighted by Crippen LogP contribution is -2.51.